The van der Waals surface area contributed by atoms with Crippen molar-refractivity contribution in [1.29, 1.82) is 0 Å². The molecule has 4 rings (SSSR count). The molecule has 164 valence electrons. The molecule has 2 amide bonds. The smallest absolute Gasteiger partial charge is 0.354 e. The summed E-state index contributed by atoms with van der Waals surface area (Å²) in [6.45, 7) is 4.81. The molecule has 2 aliphatic carbocycles. The van der Waals surface area contributed by atoms with E-state index in [-0.39, 0.29) is 10.7 Å². The Bertz CT molecular complexity index is 1050. The Morgan fingerprint density at radius 1 is 1.27 bits per heavy atom. The number of amides is 2. The largest absolute Gasteiger partial charge is 0.389 e. The topological polar surface area (TPSA) is 105 Å². The summed E-state index contributed by atoms with van der Waals surface area (Å²) in [7, 11) is -3.77. The van der Waals surface area contributed by atoms with Gasteiger partial charge >= 0.3 is 6.03 Å². The van der Waals surface area contributed by atoms with Crippen LogP contribution in [0.1, 0.15) is 62.3 Å². The molecule has 1 aromatic carbocycles. The third kappa shape index (κ3) is 3.70. The SMILES string of the molecule is CC(C)(O)C1(C)CC(F)=C(S(N)(=O)=NC(=O)Nc2c3c(cc4c2CCC4)CCC3)S1. The summed E-state index contributed by atoms with van der Waals surface area (Å²) in [5.74, 6) is -0.685. The van der Waals surface area contributed by atoms with Crippen LogP contribution < -0.4 is 10.5 Å². The molecule has 30 heavy (non-hydrogen) atoms. The van der Waals surface area contributed by atoms with Gasteiger partial charge in [-0.2, -0.15) is 0 Å². The summed E-state index contributed by atoms with van der Waals surface area (Å²) in [6.07, 6.45) is 5.69. The lowest BCUT2D eigenvalue weighted by Crippen LogP contribution is -2.43. The lowest BCUT2D eigenvalue weighted by Gasteiger charge is -2.36. The van der Waals surface area contributed by atoms with Crippen molar-refractivity contribution in [1.82, 2.24) is 0 Å². The van der Waals surface area contributed by atoms with Crippen LogP contribution in [0.5, 0.6) is 0 Å². The fourth-order valence-corrected chi connectivity index (χ4v) is 7.43. The number of halogens is 1. The van der Waals surface area contributed by atoms with E-state index >= 15 is 0 Å². The molecule has 6 nitrogen and oxygen atoms in total. The molecule has 2 unspecified atom stereocenters. The van der Waals surface area contributed by atoms with Crippen LogP contribution in [0, 0.1) is 0 Å². The predicted molar refractivity (Wildman–Crippen MR) is 119 cm³/mol. The minimum absolute atomic E-state index is 0.123. The molecule has 1 aromatic rings. The van der Waals surface area contributed by atoms with Gasteiger partial charge in [0.05, 0.1) is 10.3 Å². The zero-order chi connectivity index (χ0) is 21.9. The van der Waals surface area contributed by atoms with E-state index in [0.29, 0.717) is 0 Å². The molecule has 0 radical (unpaired) electrons. The van der Waals surface area contributed by atoms with Crippen LogP contribution in [-0.4, -0.2) is 25.7 Å². The molecule has 9 heteroatoms. The second kappa shape index (κ2) is 7.32. The van der Waals surface area contributed by atoms with Gasteiger partial charge in [0.2, 0.25) is 0 Å². The first kappa shape index (κ1) is 21.8. The zero-order valence-corrected chi connectivity index (χ0v) is 19.1. The molecule has 1 aliphatic heterocycles. The minimum atomic E-state index is -3.77. The van der Waals surface area contributed by atoms with Gasteiger partial charge in [-0.15, -0.1) is 16.1 Å². The number of nitrogens with two attached hydrogens (primary N) is 1. The van der Waals surface area contributed by atoms with Crippen molar-refractivity contribution in [2.24, 2.45) is 9.50 Å². The Kier molecular flexibility index (Phi) is 5.32. The Labute approximate surface area is 181 Å². The first-order chi connectivity index (χ1) is 13.9. The summed E-state index contributed by atoms with van der Waals surface area (Å²) >= 11 is 0.904. The highest BCUT2D eigenvalue weighted by atomic mass is 32.3. The van der Waals surface area contributed by atoms with Gasteiger partial charge in [-0.25, -0.2) is 18.5 Å². The average Bonchev–Trinajstić information content (AvgIpc) is 3.32. The van der Waals surface area contributed by atoms with Gasteiger partial charge in [0.15, 0.2) is 9.92 Å². The Morgan fingerprint density at radius 3 is 2.33 bits per heavy atom. The van der Waals surface area contributed by atoms with Crippen LogP contribution in [0.15, 0.2) is 20.5 Å². The number of allylic oxidation sites excluding steroid dienone is 1. The van der Waals surface area contributed by atoms with E-state index in [0.717, 1.165) is 67.1 Å². The number of aryl methyl sites for hydroxylation is 2. The lowest BCUT2D eigenvalue weighted by atomic mass is 9.89. The molecule has 3 aliphatic rings. The first-order valence-corrected chi connectivity index (χ1v) is 12.6. The molecule has 4 N–H and O–H groups in total. The van der Waals surface area contributed by atoms with E-state index < -0.39 is 32.1 Å². The number of fused-ring (bicyclic) bond motifs is 2. The molecule has 0 saturated carbocycles. The molecule has 0 fully saturated rings. The van der Waals surface area contributed by atoms with Gasteiger partial charge in [-0.05, 0) is 81.5 Å². The van der Waals surface area contributed by atoms with Gasteiger partial charge in [0, 0.05) is 12.1 Å². The fourth-order valence-electron chi connectivity index (χ4n) is 4.49. The number of rotatable bonds is 3. The number of carbonyl (C=O) groups excluding carboxylic acids is 1. The van der Waals surface area contributed by atoms with Crippen molar-refractivity contribution in [3.05, 3.63) is 38.4 Å². The molecule has 0 aromatic heterocycles. The number of carbonyl (C=O) groups is 1. The third-order valence-electron chi connectivity index (χ3n) is 6.52. The summed E-state index contributed by atoms with van der Waals surface area (Å²) in [5.41, 5.74) is 4.29. The highest BCUT2D eigenvalue weighted by molar-refractivity contribution is 8.19. The standard InChI is InChI=1S/C21H28FN3O3S2/c1-20(2,27)21(3)11-16(22)18(29-21)30(23,28)25-19(26)24-17-14-8-4-6-12(14)10-13-7-5-9-15(13)17/h10,27H,4-9,11H2,1-3H3,(H3,23,24,25,26,28). The predicted octanol–water partition coefficient (Wildman–Crippen LogP) is 4.34. The van der Waals surface area contributed by atoms with Gasteiger partial charge in [0.1, 0.15) is 10.1 Å². The van der Waals surface area contributed by atoms with E-state index in [9.17, 15) is 18.5 Å². The summed E-state index contributed by atoms with van der Waals surface area (Å²) in [4.78, 5) is 12.7. The molecule has 0 spiro atoms. The maximum atomic E-state index is 14.6. The van der Waals surface area contributed by atoms with Crippen molar-refractivity contribution < 1.29 is 18.5 Å². The van der Waals surface area contributed by atoms with E-state index in [1.165, 1.54) is 11.1 Å². The van der Waals surface area contributed by atoms with Gasteiger partial charge in [0.25, 0.3) is 0 Å². The highest BCUT2D eigenvalue weighted by Gasteiger charge is 2.49. The highest BCUT2D eigenvalue weighted by Crippen LogP contribution is 2.53. The molecular formula is C21H28FN3O3S2. The first-order valence-electron chi connectivity index (χ1n) is 10.2. The van der Waals surface area contributed by atoms with E-state index in [2.05, 4.69) is 15.7 Å². The monoisotopic (exact) mass is 453 g/mol. The summed E-state index contributed by atoms with van der Waals surface area (Å²) in [5, 5.41) is 19.1. The second-order valence-corrected chi connectivity index (χ2v) is 12.6. The quantitative estimate of drug-likeness (QED) is 0.633. The number of urea groups is 1. The van der Waals surface area contributed by atoms with Gasteiger partial charge < -0.3 is 10.4 Å². The number of benzene rings is 1. The fraction of sp³-hybridized carbons (Fsp3) is 0.571. The van der Waals surface area contributed by atoms with E-state index in [1.807, 2.05) is 0 Å². The van der Waals surface area contributed by atoms with Crippen molar-refractivity contribution in [3.8, 4) is 0 Å². The number of nitrogens with zero attached hydrogens (tertiary/aromatic N) is 1. The third-order valence-corrected chi connectivity index (χ3v) is 10.2. The van der Waals surface area contributed by atoms with Gasteiger partial charge in [-0.1, -0.05) is 6.07 Å². The lowest BCUT2D eigenvalue weighted by molar-refractivity contribution is 0.0423. The van der Waals surface area contributed by atoms with Crippen LogP contribution in [0.3, 0.4) is 0 Å². The van der Waals surface area contributed by atoms with Crippen molar-refractivity contribution >= 4 is 33.4 Å². The van der Waals surface area contributed by atoms with Crippen LogP contribution >= 0.6 is 11.8 Å². The molecule has 0 bridgehead atoms. The number of hydrogen-bond donors (Lipinski definition) is 3. The molecular weight excluding hydrogens is 425 g/mol. The van der Waals surface area contributed by atoms with Crippen LogP contribution in [-0.2, 0) is 35.6 Å². The molecule has 2 atom stereocenters. The molecule has 1 heterocycles. The Hall–Kier alpha value is -1.42. The van der Waals surface area contributed by atoms with Crippen molar-refractivity contribution in [3.63, 3.8) is 0 Å². The van der Waals surface area contributed by atoms with E-state index in [4.69, 9.17) is 5.14 Å². The van der Waals surface area contributed by atoms with Crippen molar-refractivity contribution in [2.45, 2.75) is 76.1 Å². The number of aliphatic hydroxyl groups is 1. The normalized spacial score (nSPS) is 25.1. The van der Waals surface area contributed by atoms with Crippen LogP contribution in [0.2, 0.25) is 0 Å². The number of anilines is 1. The number of thioether (sulfide) groups is 1. The Morgan fingerprint density at radius 2 is 1.83 bits per heavy atom. The zero-order valence-electron chi connectivity index (χ0n) is 17.5. The maximum Gasteiger partial charge on any atom is 0.354 e. The second-order valence-electron chi connectivity index (χ2n) is 9.09. The van der Waals surface area contributed by atoms with Crippen LogP contribution in [0.4, 0.5) is 14.9 Å². The van der Waals surface area contributed by atoms with Crippen LogP contribution in [0.25, 0.3) is 0 Å². The number of hydrogen-bond acceptors (Lipinski definition) is 4. The maximum absolute atomic E-state index is 14.6. The summed E-state index contributed by atoms with van der Waals surface area (Å²) in [6, 6.07) is 1.42. The van der Waals surface area contributed by atoms with Gasteiger partial charge in [-0.3, -0.25) is 0 Å². The minimum Gasteiger partial charge on any atom is -0.389 e. The van der Waals surface area contributed by atoms with Crippen molar-refractivity contribution in [2.75, 3.05) is 5.32 Å². The summed E-state index contributed by atoms with van der Waals surface area (Å²) < 4.78 is 30.2. The number of nitrogens with one attached hydrogen (secondary N) is 1. The molecule has 0 saturated heterocycles. The van der Waals surface area contributed by atoms with E-state index in [1.54, 1.807) is 20.8 Å². The Balaban J connectivity index is 1.63. The average molecular weight is 454 g/mol.